The van der Waals surface area contributed by atoms with Crippen molar-refractivity contribution in [1.82, 2.24) is 4.98 Å². The van der Waals surface area contributed by atoms with Gasteiger partial charge in [-0.05, 0) is 12.5 Å². The van der Waals surface area contributed by atoms with Gasteiger partial charge in [0.25, 0.3) is 0 Å². The molecule has 0 aliphatic heterocycles. The molecule has 4 nitrogen and oxygen atoms in total. The van der Waals surface area contributed by atoms with Gasteiger partial charge in [0.15, 0.2) is 11.6 Å². The van der Waals surface area contributed by atoms with E-state index < -0.39 is 5.82 Å². The van der Waals surface area contributed by atoms with Crippen molar-refractivity contribution >= 4 is 23.3 Å². The van der Waals surface area contributed by atoms with Gasteiger partial charge in [-0.25, -0.2) is 9.37 Å². The minimum Gasteiger partial charge on any atom is -0.370 e. The summed E-state index contributed by atoms with van der Waals surface area (Å²) in [7, 11) is 0. The molecule has 0 aromatic carbocycles. The van der Waals surface area contributed by atoms with Crippen LogP contribution in [-0.2, 0) is 4.79 Å². The molecule has 0 aliphatic rings. The van der Waals surface area contributed by atoms with Gasteiger partial charge in [0.05, 0.1) is 5.02 Å². The number of hydrogen-bond donors (Lipinski definition) is 2. The van der Waals surface area contributed by atoms with E-state index in [9.17, 15) is 9.18 Å². The molecule has 0 atom stereocenters. The van der Waals surface area contributed by atoms with Crippen LogP contribution in [-0.4, -0.2) is 17.4 Å². The third kappa shape index (κ3) is 4.12. The second kappa shape index (κ2) is 5.50. The van der Waals surface area contributed by atoms with Gasteiger partial charge in [-0.2, -0.15) is 0 Å². The first-order chi connectivity index (χ1) is 7.09. The molecule has 0 aliphatic carbocycles. The quantitative estimate of drug-likeness (QED) is 0.756. The number of nitrogens with two attached hydrogens (primary N) is 1. The van der Waals surface area contributed by atoms with E-state index in [0.29, 0.717) is 13.0 Å². The molecule has 1 amide bonds. The lowest BCUT2D eigenvalue weighted by atomic mass is 10.3. The van der Waals surface area contributed by atoms with Crippen LogP contribution in [0.1, 0.15) is 12.8 Å². The largest absolute Gasteiger partial charge is 0.370 e. The molecule has 15 heavy (non-hydrogen) atoms. The highest BCUT2D eigenvalue weighted by Gasteiger charge is 2.03. The molecule has 1 aromatic heterocycles. The molecule has 0 radical (unpaired) electrons. The van der Waals surface area contributed by atoms with E-state index in [-0.39, 0.29) is 23.2 Å². The van der Waals surface area contributed by atoms with Crippen LogP contribution in [0.2, 0.25) is 5.02 Å². The molecule has 82 valence electrons. The van der Waals surface area contributed by atoms with E-state index in [4.69, 9.17) is 17.3 Å². The van der Waals surface area contributed by atoms with Gasteiger partial charge < -0.3 is 11.1 Å². The normalized spacial score (nSPS) is 10.0. The van der Waals surface area contributed by atoms with E-state index in [1.807, 2.05) is 0 Å². The number of pyridine rings is 1. The average molecular weight is 232 g/mol. The van der Waals surface area contributed by atoms with E-state index in [2.05, 4.69) is 10.3 Å². The van der Waals surface area contributed by atoms with Crippen molar-refractivity contribution in [1.29, 1.82) is 0 Å². The zero-order chi connectivity index (χ0) is 11.3. The van der Waals surface area contributed by atoms with Crippen molar-refractivity contribution in [2.45, 2.75) is 12.8 Å². The zero-order valence-electron chi connectivity index (χ0n) is 7.96. The lowest BCUT2D eigenvalue weighted by molar-refractivity contribution is -0.118. The SMILES string of the molecule is NC(=O)CCCNc1ncc(Cl)cc1F. The van der Waals surface area contributed by atoms with E-state index in [0.717, 1.165) is 0 Å². The number of carbonyl (C=O) groups excluding carboxylic acids is 1. The van der Waals surface area contributed by atoms with Crippen LogP contribution in [0.3, 0.4) is 0 Å². The predicted molar refractivity (Wildman–Crippen MR) is 56.1 cm³/mol. The lowest BCUT2D eigenvalue weighted by Gasteiger charge is -2.05. The first-order valence-electron chi connectivity index (χ1n) is 4.43. The van der Waals surface area contributed by atoms with Crippen LogP contribution in [0.25, 0.3) is 0 Å². The number of aromatic nitrogens is 1. The van der Waals surface area contributed by atoms with E-state index >= 15 is 0 Å². The number of carbonyl (C=O) groups is 1. The Balaban J connectivity index is 2.40. The fraction of sp³-hybridized carbons (Fsp3) is 0.333. The minimum absolute atomic E-state index is 0.129. The molecule has 0 bridgehead atoms. The summed E-state index contributed by atoms with van der Waals surface area (Å²) in [5, 5.41) is 2.99. The third-order valence-electron chi connectivity index (χ3n) is 1.70. The summed E-state index contributed by atoms with van der Waals surface area (Å²) in [6, 6.07) is 1.17. The summed E-state index contributed by atoms with van der Waals surface area (Å²) in [5.41, 5.74) is 4.95. The molecule has 0 saturated carbocycles. The monoisotopic (exact) mass is 231 g/mol. The lowest BCUT2D eigenvalue weighted by Crippen LogP contribution is -2.13. The Bertz CT molecular complexity index is 359. The fourth-order valence-corrected chi connectivity index (χ4v) is 1.16. The smallest absolute Gasteiger partial charge is 0.217 e. The Hall–Kier alpha value is -1.36. The van der Waals surface area contributed by atoms with Crippen LogP contribution in [0.5, 0.6) is 0 Å². The first-order valence-corrected chi connectivity index (χ1v) is 4.80. The van der Waals surface area contributed by atoms with Gasteiger partial charge >= 0.3 is 0 Å². The molecule has 0 unspecified atom stereocenters. The molecule has 1 heterocycles. The van der Waals surface area contributed by atoms with Crippen LogP contribution in [0, 0.1) is 5.82 Å². The number of amides is 1. The van der Waals surface area contributed by atoms with Gasteiger partial charge in [-0.1, -0.05) is 11.6 Å². The van der Waals surface area contributed by atoms with Crippen LogP contribution in [0.4, 0.5) is 10.2 Å². The highest BCUT2D eigenvalue weighted by molar-refractivity contribution is 6.30. The highest BCUT2D eigenvalue weighted by Crippen LogP contribution is 2.15. The Morgan fingerprint density at radius 2 is 2.40 bits per heavy atom. The first kappa shape index (κ1) is 11.7. The summed E-state index contributed by atoms with van der Waals surface area (Å²) in [6.07, 6.45) is 2.16. The molecular formula is C9H11ClFN3O. The van der Waals surface area contributed by atoms with Crippen LogP contribution in [0.15, 0.2) is 12.3 Å². The summed E-state index contributed by atoms with van der Waals surface area (Å²) < 4.78 is 13.1. The van der Waals surface area contributed by atoms with Gasteiger partial charge in [-0.15, -0.1) is 0 Å². The van der Waals surface area contributed by atoms with Crippen molar-refractivity contribution in [2.75, 3.05) is 11.9 Å². The molecular weight excluding hydrogens is 221 g/mol. The second-order valence-electron chi connectivity index (χ2n) is 2.98. The third-order valence-corrected chi connectivity index (χ3v) is 1.91. The molecule has 0 spiro atoms. The number of rotatable bonds is 5. The Morgan fingerprint density at radius 1 is 1.67 bits per heavy atom. The Morgan fingerprint density at radius 3 is 3.00 bits per heavy atom. The van der Waals surface area contributed by atoms with Crippen molar-refractivity contribution in [3.8, 4) is 0 Å². The van der Waals surface area contributed by atoms with Gasteiger partial charge in [0.2, 0.25) is 5.91 Å². The molecule has 1 rings (SSSR count). The molecule has 1 aromatic rings. The number of primary amides is 1. The number of halogens is 2. The van der Waals surface area contributed by atoms with Gasteiger partial charge in [0.1, 0.15) is 0 Å². The second-order valence-corrected chi connectivity index (χ2v) is 3.42. The van der Waals surface area contributed by atoms with Crippen molar-refractivity contribution in [3.63, 3.8) is 0 Å². The van der Waals surface area contributed by atoms with E-state index in [1.54, 1.807) is 0 Å². The number of nitrogens with zero attached hydrogens (tertiary/aromatic N) is 1. The summed E-state index contributed by atoms with van der Waals surface area (Å²) >= 11 is 5.53. The van der Waals surface area contributed by atoms with Gasteiger partial charge in [0, 0.05) is 19.2 Å². The highest BCUT2D eigenvalue weighted by atomic mass is 35.5. The fourth-order valence-electron chi connectivity index (χ4n) is 1.01. The summed E-state index contributed by atoms with van der Waals surface area (Å²) in [4.78, 5) is 14.2. The topological polar surface area (TPSA) is 68.0 Å². The molecule has 0 saturated heterocycles. The zero-order valence-corrected chi connectivity index (χ0v) is 8.72. The predicted octanol–water partition coefficient (Wildman–Crippen LogP) is 1.55. The molecule has 3 N–H and O–H groups in total. The van der Waals surface area contributed by atoms with Crippen molar-refractivity contribution in [3.05, 3.63) is 23.1 Å². The van der Waals surface area contributed by atoms with E-state index in [1.165, 1.54) is 12.3 Å². The number of nitrogens with one attached hydrogen (secondary N) is 1. The maximum Gasteiger partial charge on any atom is 0.217 e. The maximum atomic E-state index is 13.1. The Kier molecular flexibility index (Phi) is 4.30. The standard InChI is InChI=1S/C9H11ClFN3O/c10-6-4-7(11)9(14-5-6)13-3-1-2-8(12)15/h4-5H,1-3H2,(H2,12,15)(H,13,14). The van der Waals surface area contributed by atoms with Crippen molar-refractivity contribution < 1.29 is 9.18 Å². The molecule has 0 fully saturated rings. The van der Waals surface area contributed by atoms with Crippen LogP contribution >= 0.6 is 11.6 Å². The minimum atomic E-state index is -0.512. The Labute approximate surface area is 91.6 Å². The summed E-state index contributed by atoms with van der Waals surface area (Å²) in [6.45, 7) is 0.439. The van der Waals surface area contributed by atoms with Gasteiger partial charge in [-0.3, -0.25) is 4.79 Å². The number of anilines is 1. The maximum absolute atomic E-state index is 13.1. The number of hydrogen-bond acceptors (Lipinski definition) is 3. The summed E-state index contributed by atoms with van der Waals surface area (Å²) in [5.74, 6) is -0.758. The average Bonchev–Trinajstić information content (AvgIpc) is 2.14. The van der Waals surface area contributed by atoms with Crippen molar-refractivity contribution in [2.24, 2.45) is 5.73 Å². The molecule has 6 heteroatoms. The van der Waals surface area contributed by atoms with Crippen LogP contribution < -0.4 is 11.1 Å².